The zero-order valence-corrected chi connectivity index (χ0v) is 17.6. The van der Waals surface area contributed by atoms with Crippen LogP contribution in [-0.2, 0) is 17.4 Å². The highest BCUT2D eigenvalue weighted by atomic mass is 16.3. The lowest BCUT2D eigenvalue weighted by atomic mass is 9.54. The van der Waals surface area contributed by atoms with Crippen LogP contribution in [0.15, 0.2) is 54.6 Å². The highest BCUT2D eigenvalue weighted by Gasteiger charge is 2.52. The summed E-state index contributed by atoms with van der Waals surface area (Å²) in [4.78, 5) is 0. The molecule has 4 rings (SSSR count). The third-order valence-electron chi connectivity index (χ3n) is 7.21. The highest BCUT2D eigenvalue weighted by molar-refractivity contribution is 5.34. The number of nitrogens with one attached hydrogen (secondary N) is 1. The van der Waals surface area contributed by atoms with Crippen molar-refractivity contribution in [2.75, 3.05) is 13.1 Å². The van der Waals surface area contributed by atoms with Crippen LogP contribution < -0.4 is 5.32 Å². The van der Waals surface area contributed by atoms with Gasteiger partial charge in [0.2, 0.25) is 0 Å². The lowest BCUT2D eigenvalue weighted by Gasteiger charge is -2.52. The molecule has 0 radical (unpaired) electrons. The quantitative estimate of drug-likeness (QED) is 0.781. The molecule has 2 aromatic carbocycles. The molecule has 4 atom stereocenters. The molecule has 1 saturated carbocycles. The van der Waals surface area contributed by atoms with Crippen molar-refractivity contribution in [2.24, 2.45) is 17.8 Å². The van der Waals surface area contributed by atoms with E-state index in [1.807, 2.05) is 0 Å². The smallest absolute Gasteiger partial charge is 0.0967 e. The second-order valence-electron chi connectivity index (χ2n) is 10.0. The first-order valence-electron chi connectivity index (χ1n) is 11.0. The molecule has 2 aromatic rings. The van der Waals surface area contributed by atoms with Crippen LogP contribution in [-0.4, -0.2) is 18.2 Å². The summed E-state index contributed by atoms with van der Waals surface area (Å²) >= 11 is 0. The largest absolute Gasteiger partial charge is 0.385 e. The summed E-state index contributed by atoms with van der Waals surface area (Å²) in [6.07, 6.45) is 4.29. The topological polar surface area (TPSA) is 32.3 Å². The lowest BCUT2D eigenvalue weighted by Crippen LogP contribution is -2.51. The summed E-state index contributed by atoms with van der Waals surface area (Å²) in [6.45, 7) is 8.95. The molecule has 2 fully saturated rings. The highest BCUT2D eigenvalue weighted by Crippen LogP contribution is 2.54. The van der Waals surface area contributed by atoms with E-state index in [1.54, 1.807) is 0 Å². The summed E-state index contributed by atoms with van der Waals surface area (Å²) in [5.41, 5.74) is 2.97. The summed E-state index contributed by atoms with van der Waals surface area (Å²) in [7, 11) is 0. The number of hydrogen-bond donors (Lipinski definition) is 2. The minimum absolute atomic E-state index is 0.130. The van der Waals surface area contributed by atoms with E-state index in [0.717, 1.165) is 31.0 Å². The first-order chi connectivity index (χ1) is 13.4. The predicted molar refractivity (Wildman–Crippen MR) is 116 cm³/mol. The maximum Gasteiger partial charge on any atom is 0.0967 e. The van der Waals surface area contributed by atoms with E-state index in [1.165, 1.54) is 24.0 Å². The van der Waals surface area contributed by atoms with Gasteiger partial charge in [-0.2, -0.15) is 0 Å². The van der Waals surface area contributed by atoms with Crippen molar-refractivity contribution in [3.8, 4) is 0 Å². The van der Waals surface area contributed by atoms with E-state index in [9.17, 15) is 5.11 Å². The number of hydrogen-bond acceptors (Lipinski definition) is 2. The molecule has 0 bridgehead atoms. The van der Waals surface area contributed by atoms with Crippen molar-refractivity contribution in [3.05, 3.63) is 71.3 Å². The third kappa shape index (κ3) is 3.77. The Bertz CT molecular complexity index is 776. The molecule has 2 heteroatoms. The summed E-state index contributed by atoms with van der Waals surface area (Å²) in [6, 6.07) is 19.3. The zero-order chi connectivity index (χ0) is 19.8. The Morgan fingerprint density at radius 3 is 2.21 bits per heavy atom. The molecule has 0 aromatic heterocycles. The van der Waals surface area contributed by atoms with Crippen LogP contribution in [0.5, 0.6) is 0 Å². The van der Waals surface area contributed by atoms with Crippen LogP contribution >= 0.6 is 0 Å². The van der Waals surface area contributed by atoms with Crippen molar-refractivity contribution in [2.45, 2.75) is 57.5 Å². The number of rotatable bonds is 4. The second-order valence-corrected chi connectivity index (χ2v) is 10.0. The fourth-order valence-electron chi connectivity index (χ4n) is 5.42. The maximum absolute atomic E-state index is 12.2. The number of aliphatic hydroxyl groups is 1. The normalized spacial score (nSPS) is 27.2. The van der Waals surface area contributed by atoms with Gasteiger partial charge in [-0.3, -0.25) is 0 Å². The van der Waals surface area contributed by atoms with E-state index in [-0.39, 0.29) is 5.41 Å². The van der Waals surface area contributed by atoms with Crippen LogP contribution in [0.1, 0.15) is 56.7 Å². The van der Waals surface area contributed by atoms with Crippen molar-refractivity contribution < 1.29 is 5.11 Å². The van der Waals surface area contributed by atoms with E-state index < -0.39 is 5.60 Å². The monoisotopic (exact) mass is 377 g/mol. The van der Waals surface area contributed by atoms with Crippen LogP contribution in [0.2, 0.25) is 0 Å². The van der Waals surface area contributed by atoms with Gasteiger partial charge in [-0.1, -0.05) is 75.4 Å². The van der Waals surface area contributed by atoms with Gasteiger partial charge in [-0.15, -0.1) is 0 Å². The van der Waals surface area contributed by atoms with E-state index >= 15 is 0 Å². The fraction of sp³-hybridized carbons (Fsp3) is 0.538. The van der Waals surface area contributed by atoms with Crippen molar-refractivity contribution in [3.63, 3.8) is 0 Å². The number of benzene rings is 2. The molecule has 2 N–H and O–H groups in total. The lowest BCUT2D eigenvalue weighted by molar-refractivity contribution is -0.119. The molecule has 1 saturated heterocycles. The Labute approximate surface area is 170 Å². The first kappa shape index (κ1) is 19.7. The predicted octanol–water partition coefficient (Wildman–Crippen LogP) is 5.05. The van der Waals surface area contributed by atoms with Gasteiger partial charge < -0.3 is 10.4 Å². The molecule has 4 unspecified atom stereocenters. The van der Waals surface area contributed by atoms with Gasteiger partial charge in [0.15, 0.2) is 0 Å². The summed E-state index contributed by atoms with van der Waals surface area (Å²) < 4.78 is 0. The molecule has 1 aliphatic heterocycles. The minimum Gasteiger partial charge on any atom is -0.385 e. The molecular formula is C26H35NO. The minimum atomic E-state index is -0.788. The van der Waals surface area contributed by atoms with Gasteiger partial charge in [0.25, 0.3) is 0 Å². The molecule has 2 nitrogen and oxygen atoms in total. The molecule has 0 spiro atoms. The molecule has 0 amide bonds. The summed E-state index contributed by atoms with van der Waals surface area (Å²) in [5, 5.41) is 15.7. The second kappa shape index (κ2) is 7.65. The SMILES string of the molecule is CC(C)(C)c1ccc(C(O)(Cc2ccccc2)C2CC3CCNCCC32)cc1. The standard InChI is InChI=1S/C26H35NO/c1-25(2,3)21-9-11-22(12-10-21)26(28,18-19-7-5-4-6-8-19)24-17-20-13-15-27-16-14-23(20)24/h4-12,20,23-24,27-28H,13-18H2,1-3H3. The average Bonchev–Trinajstić information content (AvgIpc) is 2.83. The Kier molecular flexibility index (Phi) is 5.37. The zero-order valence-electron chi connectivity index (χ0n) is 17.6. The molecule has 2 aliphatic rings. The molecule has 28 heavy (non-hydrogen) atoms. The van der Waals surface area contributed by atoms with E-state index in [4.69, 9.17) is 0 Å². The van der Waals surface area contributed by atoms with Crippen LogP contribution in [0.25, 0.3) is 0 Å². The Morgan fingerprint density at radius 1 is 0.893 bits per heavy atom. The van der Waals surface area contributed by atoms with Crippen LogP contribution in [0, 0.1) is 17.8 Å². The van der Waals surface area contributed by atoms with Gasteiger partial charge in [0.1, 0.15) is 0 Å². The molecule has 150 valence electrons. The van der Waals surface area contributed by atoms with Crippen molar-refractivity contribution >= 4 is 0 Å². The number of fused-ring (bicyclic) bond motifs is 1. The van der Waals surface area contributed by atoms with E-state index in [0.29, 0.717) is 18.3 Å². The fourth-order valence-corrected chi connectivity index (χ4v) is 5.42. The van der Waals surface area contributed by atoms with Gasteiger partial charge in [0, 0.05) is 6.42 Å². The van der Waals surface area contributed by atoms with Crippen molar-refractivity contribution in [1.82, 2.24) is 5.32 Å². The third-order valence-corrected chi connectivity index (χ3v) is 7.21. The Balaban J connectivity index is 1.67. The molecule has 1 aliphatic carbocycles. The van der Waals surface area contributed by atoms with Gasteiger partial charge in [0.05, 0.1) is 5.60 Å². The first-order valence-corrected chi connectivity index (χ1v) is 11.0. The van der Waals surface area contributed by atoms with Gasteiger partial charge in [-0.05, 0) is 72.2 Å². The van der Waals surface area contributed by atoms with Crippen LogP contribution in [0.4, 0.5) is 0 Å². The summed E-state index contributed by atoms with van der Waals surface area (Å²) in [5.74, 6) is 1.75. The van der Waals surface area contributed by atoms with Crippen LogP contribution in [0.3, 0.4) is 0 Å². The van der Waals surface area contributed by atoms with Gasteiger partial charge >= 0.3 is 0 Å². The molecular weight excluding hydrogens is 342 g/mol. The van der Waals surface area contributed by atoms with E-state index in [2.05, 4.69) is 80.7 Å². The Hall–Kier alpha value is -1.64. The molecule has 1 heterocycles. The average molecular weight is 378 g/mol. The van der Waals surface area contributed by atoms with Crippen molar-refractivity contribution in [1.29, 1.82) is 0 Å². The Morgan fingerprint density at radius 2 is 1.54 bits per heavy atom. The van der Waals surface area contributed by atoms with Gasteiger partial charge in [-0.25, -0.2) is 0 Å². The maximum atomic E-state index is 12.2.